The van der Waals surface area contributed by atoms with Crippen LogP contribution in [0.15, 0.2) is 48.5 Å². The monoisotopic (exact) mass is 398 g/mol. The predicted octanol–water partition coefficient (Wildman–Crippen LogP) is 2.99. The molecule has 9 heteroatoms. The second kappa shape index (κ2) is 9.34. The van der Waals surface area contributed by atoms with E-state index in [1.807, 2.05) is 0 Å². The first-order valence-corrected chi connectivity index (χ1v) is 7.84. The molecule has 28 heavy (non-hydrogen) atoms. The van der Waals surface area contributed by atoms with Gasteiger partial charge in [0.05, 0.1) is 11.7 Å². The molecular weight excluding hydrogens is 377 g/mol. The van der Waals surface area contributed by atoms with E-state index in [9.17, 15) is 27.9 Å². The Bertz CT molecular complexity index is 821. The van der Waals surface area contributed by atoms with Gasteiger partial charge < -0.3 is 10.4 Å². The minimum Gasteiger partial charge on any atom is -0.391 e. The van der Waals surface area contributed by atoms with Gasteiger partial charge >= 0.3 is 6.18 Å². The number of rotatable bonds is 5. The van der Waals surface area contributed by atoms with Crippen molar-refractivity contribution in [2.45, 2.75) is 32.7 Å². The quantitative estimate of drug-likeness (QED) is 0.460. The normalized spacial score (nSPS) is 13.1. The number of nitrogens with one attached hydrogen (secondary N) is 2. The van der Waals surface area contributed by atoms with E-state index < -0.39 is 35.7 Å². The first-order valence-electron chi connectivity index (χ1n) is 7.84. The van der Waals surface area contributed by atoms with Crippen LogP contribution in [0.25, 0.3) is 11.1 Å². The average Bonchev–Trinajstić information content (AvgIpc) is 2.64. The molecular formula is C19H21F3N2O4. The van der Waals surface area contributed by atoms with Crippen molar-refractivity contribution in [3.8, 4) is 11.1 Å². The molecule has 0 aliphatic rings. The van der Waals surface area contributed by atoms with Gasteiger partial charge in [-0.25, -0.2) is 5.48 Å². The molecule has 152 valence electrons. The summed E-state index contributed by atoms with van der Waals surface area (Å²) in [6.45, 7) is 1.26. The van der Waals surface area contributed by atoms with E-state index in [1.54, 1.807) is 0 Å². The Balaban J connectivity index is 0.00000392. The molecule has 4 N–H and O–H groups in total. The summed E-state index contributed by atoms with van der Waals surface area (Å²) in [6.07, 6.45) is -5.72. The van der Waals surface area contributed by atoms with Gasteiger partial charge in [0, 0.05) is 5.56 Å². The van der Waals surface area contributed by atoms with Crippen molar-refractivity contribution in [1.82, 2.24) is 10.8 Å². The smallest absolute Gasteiger partial charge is 0.391 e. The van der Waals surface area contributed by atoms with E-state index in [0.29, 0.717) is 11.1 Å². The van der Waals surface area contributed by atoms with Crippen LogP contribution < -0.4 is 10.8 Å². The number of carbonyl (C=O) groups is 2. The van der Waals surface area contributed by atoms with Crippen molar-refractivity contribution in [3.63, 3.8) is 0 Å². The first-order chi connectivity index (χ1) is 12.6. The number of aliphatic hydroxyl groups excluding tert-OH is 1. The Morgan fingerprint density at radius 1 is 1.04 bits per heavy atom. The number of halogens is 3. The number of carbonyl (C=O) groups excluding carboxylic acids is 2. The maximum absolute atomic E-state index is 12.8. The standard InChI is InChI=1S/C18H17F3N2O4.CH4/c1-10(24)15(17(26)23-27)22-16(25)12-7-5-11(6-8-12)13-3-2-4-14(9-13)18(19,20)21;/h2-10,15,24,27H,1H3,(H,22,25)(H,23,26);1H4/t10-,15+;/m0./s1. The van der Waals surface area contributed by atoms with Crippen LogP contribution in [-0.2, 0) is 11.0 Å². The van der Waals surface area contributed by atoms with Crippen molar-refractivity contribution < 1.29 is 33.1 Å². The zero-order valence-electron chi connectivity index (χ0n) is 14.1. The fraction of sp³-hybridized carbons (Fsp3) is 0.263. The lowest BCUT2D eigenvalue weighted by atomic mass is 10.0. The largest absolute Gasteiger partial charge is 0.416 e. The molecule has 2 rings (SSSR count). The van der Waals surface area contributed by atoms with Crippen LogP contribution in [0.5, 0.6) is 0 Å². The van der Waals surface area contributed by atoms with E-state index in [2.05, 4.69) is 5.32 Å². The molecule has 0 radical (unpaired) electrons. The molecule has 0 aliphatic heterocycles. The average molecular weight is 398 g/mol. The van der Waals surface area contributed by atoms with Crippen molar-refractivity contribution in [1.29, 1.82) is 0 Å². The highest BCUT2D eigenvalue weighted by Gasteiger charge is 2.30. The Morgan fingerprint density at radius 2 is 1.64 bits per heavy atom. The summed E-state index contributed by atoms with van der Waals surface area (Å²) >= 11 is 0. The number of aliphatic hydroxyl groups is 1. The molecule has 0 saturated carbocycles. The van der Waals surface area contributed by atoms with Crippen LogP contribution in [0, 0.1) is 0 Å². The molecule has 0 aliphatic carbocycles. The molecule has 2 aromatic carbocycles. The minimum atomic E-state index is -4.46. The summed E-state index contributed by atoms with van der Waals surface area (Å²) in [5.74, 6) is -1.68. The number of amides is 2. The van der Waals surface area contributed by atoms with Gasteiger partial charge in [-0.3, -0.25) is 14.8 Å². The fourth-order valence-corrected chi connectivity index (χ4v) is 2.39. The van der Waals surface area contributed by atoms with E-state index in [4.69, 9.17) is 5.21 Å². The van der Waals surface area contributed by atoms with Gasteiger partial charge in [0.2, 0.25) is 0 Å². The molecule has 2 atom stereocenters. The minimum absolute atomic E-state index is 0. The highest BCUT2D eigenvalue weighted by Crippen LogP contribution is 2.32. The lowest BCUT2D eigenvalue weighted by Gasteiger charge is -2.19. The molecule has 2 amide bonds. The van der Waals surface area contributed by atoms with Gasteiger partial charge in [0.1, 0.15) is 6.04 Å². The molecule has 0 saturated heterocycles. The van der Waals surface area contributed by atoms with Crippen molar-refractivity contribution in [3.05, 3.63) is 59.7 Å². The summed E-state index contributed by atoms with van der Waals surface area (Å²) < 4.78 is 38.4. The Labute approximate surface area is 160 Å². The number of alkyl halides is 3. The van der Waals surface area contributed by atoms with Crippen LogP contribution >= 0.6 is 0 Å². The number of benzene rings is 2. The van der Waals surface area contributed by atoms with Gasteiger partial charge in [-0.15, -0.1) is 0 Å². The highest BCUT2D eigenvalue weighted by atomic mass is 19.4. The molecule has 0 heterocycles. The third-order valence-electron chi connectivity index (χ3n) is 3.83. The number of hydroxylamine groups is 1. The third-order valence-corrected chi connectivity index (χ3v) is 3.83. The zero-order chi connectivity index (χ0) is 20.2. The molecule has 0 aromatic heterocycles. The van der Waals surface area contributed by atoms with Crippen LogP contribution in [0.4, 0.5) is 13.2 Å². The van der Waals surface area contributed by atoms with Crippen LogP contribution in [-0.4, -0.2) is 34.3 Å². The van der Waals surface area contributed by atoms with Crippen molar-refractivity contribution in [2.75, 3.05) is 0 Å². The summed E-state index contributed by atoms with van der Waals surface area (Å²) in [7, 11) is 0. The zero-order valence-corrected chi connectivity index (χ0v) is 14.1. The van der Waals surface area contributed by atoms with Crippen LogP contribution in [0.3, 0.4) is 0 Å². The molecule has 0 unspecified atom stereocenters. The summed E-state index contributed by atoms with van der Waals surface area (Å²) in [4.78, 5) is 23.6. The van der Waals surface area contributed by atoms with E-state index in [1.165, 1.54) is 48.8 Å². The summed E-state index contributed by atoms with van der Waals surface area (Å²) in [5.41, 5.74) is 1.49. The van der Waals surface area contributed by atoms with E-state index in [-0.39, 0.29) is 13.0 Å². The van der Waals surface area contributed by atoms with Gasteiger partial charge in [0.25, 0.3) is 11.8 Å². The van der Waals surface area contributed by atoms with Gasteiger partial charge in [-0.1, -0.05) is 31.7 Å². The molecule has 0 fully saturated rings. The Kier molecular flexibility index (Phi) is 7.71. The first kappa shape index (κ1) is 23.1. The van der Waals surface area contributed by atoms with Gasteiger partial charge in [-0.05, 0) is 42.3 Å². The number of hydrogen-bond acceptors (Lipinski definition) is 4. The van der Waals surface area contributed by atoms with Crippen molar-refractivity contribution in [2.24, 2.45) is 0 Å². The molecule has 2 aromatic rings. The lowest BCUT2D eigenvalue weighted by Crippen LogP contribution is -2.51. The Hall–Kier alpha value is -2.91. The van der Waals surface area contributed by atoms with E-state index >= 15 is 0 Å². The maximum Gasteiger partial charge on any atom is 0.416 e. The molecule has 0 bridgehead atoms. The van der Waals surface area contributed by atoms with Crippen LogP contribution in [0.2, 0.25) is 0 Å². The lowest BCUT2D eigenvalue weighted by molar-refractivity contribution is -0.137. The third kappa shape index (κ3) is 5.54. The molecule has 0 spiro atoms. The number of hydrogen-bond donors (Lipinski definition) is 4. The van der Waals surface area contributed by atoms with Crippen molar-refractivity contribution >= 4 is 11.8 Å². The van der Waals surface area contributed by atoms with E-state index in [0.717, 1.165) is 12.1 Å². The van der Waals surface area contributed by atoms with Gasteiger partial charge in [0.15, 0.2) is 0 Å². The predicted molar refractivity (Wildman–Crippen MR) is 96.5 cm³/mol. The highest BCUT2D eigenvalue weighted by molar-refractivity contribution is 5.97. The summed E-state index contributed by atoms with van der Waals surface area (Å²) in [5, 5.41) is 20.4. The van der Waals surface area contributed by atoms with Crippen LogP contribution in [0.1, 0.15) is 30.3 Å². The summed E-state index contributed by atoms with van der Waals surface area (Å²) in [6, 6.07) is 9.09. The topological polar surface area (TPSA) is 98.7 Å². The maximum atomic E-state index is 12.8. The second-order valence-electron chi connectivity index (χ2n) is 5.82. The second-order valence-corrected chi connectivity index (χ2v) is 5.82. The fourth-order valence-electron chi connectivity index (χ4n) is 2.39. The SMILES string of the molecule is C.C[C@H](O)[C@@H](NC(=O)c1ccc(-c2cccc(C(F)(F)F)c2)cc1)C(=O)NO. The Morgan fingerprint density at radius 3 is 2.14 bits per heavy atom. The van der Waals surface area contributed by atoms with Gasteiger partial charge in [-0.2, -0.15) is 13.2 Å². The molecule has 6 nitrogen and oxygen atoms in total.